The third-order valence-electron chi connectivity index (χ3n) is 3.99. The van der Waals surface area contributed by atoms with Gasteiger partial charge in [-0.25, -0.2) is 9.97 Å². The molecular formula is C19H17N3. The monoisotopic (exact) mass is 287 g/mol. The fraction of sp³-hybridized carbons (Fsp3) is 0.158. The Morgan fingerprint density at radius 2 is 1.73 bits per heavy atom. The lowest BCUT2D eigenvalue weighted by Crippen LogP contribution is -1.99. The molecule has 0 N–H and O–H groups in total. The van der Waals surface area contributed by atoms with Crippen molar-refractivity contribution in [2.45, 2.75) is 20.4 Å². The van der Waals surface area contributed by atoms with Crippen LogP contribution in [0, 0.1) is 13.8 Å². The van der Waals surface area contributed by atoms with Gasteiger partial charge in [0.15, 0.2) is 5.65 Å². The molecule has 22 heavy (non-hydrogen) atoms. The first-order valence-corrected chi connectivity index (χ1v) is 7.48. The molecule has 4 rings (SSSR count). The molecule has 4 aromatic rings. The van der Waals surface area contributed by atoms with Crippen molar-refractivity contribution in [3.8, 4) is 0 Å². The van der Waals surface area contributed by atoms with Crippen LogP contribution in [0.2, 0.25) is 0 Å². The van der Waals surface area contributed by atoms with Gasteiger partial charge in [0.2, 0.25) is 0 Å². The fourth-order valence-corrected chi connectivity index (χ4v) is 2.88. The van der Waals surface area contributed by atoms with E-state index in [0.717, 1.165) is 28.7 Å². The molecule has 0 radical (unpaired) electrons. The second-order valence-corrected chi connectivity index (χ2v) is 5.81. The molecule has 2 heterocycles. The van der Waals surface area contributed by atoms with Crippen LogP contribution in [0.3, 0.4) is 0 Å². The molecule has 0 spiro atoms. The van der Waals surface area contributed by atoms with Crippen LogP contribution in [0.15, 0.2) is 54.7 Å². The van der Waals surface area contributed by atoms with Crippen molar-refractivity contribution in [1.29, 1.82) is 0 Å². The summed E-state index contributed by atoms with van der Waals surface area (Å²) < 4.78 is 2.19. The molecule has 0 atom stereocenters. The highest BCUT2D eigenvalue weighted by atomic mass is 15.1. The summed E-state index contributed by atoms with van der Waals surface area (Å²) in [6.45, 7) is 5.00. The van der Waals surface area contributed by atoms with E-state index in [1.807, 2.05) is 12.1 Å². The zero-order valence-corrected chi connectivity index (χ0v) is 12.7. The number of aryl methyl sites for hydroxylation is 2. The molecule has 2 aromatic carbocycles. The van der Waals surface area contributed by atoms with Crippen molar-refractivity contribution in [2.24, 2.45) is 0 Å². The Morgan fingerprint density at radius 3 is 2.55 bits per heavy atom. The number of nitrogens with zero attached hydrogens (tertiary/aromatic N) is 3. The van der Waals surface area contributed by atoms with Gasteiger partial charge >= 0.3 is 0 Å². The van der Waals surface area contributed by atoms with Crippen LogP contribution in [0.5, 0.6) is 0 Å². The maximum absolute atomic E-state index is 4.86. The van der Waals surface area contributed by atoms with E-state index in [-0.39, 0.29) is 0 Å². The van der Waals surface area contributed by atoms with Gasteiger partial charge in [-0.15, -0.1) is 0 Å². The predicted molar refractivity (Wildman–Crippen MR) is 90.1 cm³/mol. The Morgan fingerprint density at radius 1 is 0.909 bits per heavy atom. The zero-order valence-electron chi connectivity index (χ0n) is 12.7. The molecule has 3 heteroatoms. The van der Waals surface area contributed by atoms with Gasteiger partial charge in [0.05, 0.1) is 11.0 Å². The molecule has 0 amide bonds. The molecule has 3 nitrogen and oxygen atoms in total. The van der Waals surface area contributed by atoms with Crippen LogP contribution in [-0.2, 0) is 6.54 Å². The smallest absolute Gasteiger partial charge is 0.159 e. The Bertz CT molecular complexity index is 968. The molecule has 2 aromatic heterocycles. The first kappa shape index (κ1) is 13.0. The number of rotatable bonds is 2. The largest absolute Gasteiger partial charge is 0.326 e. The highest BCUT2D eigenvalue weighted by Gasteiger charge is 2.10. The normalized spacial score (nSPS) is 11.4. The third kappa shape index (κ3) is 2.15. The number of hydrogen-bond donors (Lipinski definition) is 0. The quantitative estimate of drug-likeness (QED) is 0.552. The van der Waals surface area contributed by atoms with Crippen LogP contribution in [0.1, 0.15) is 16.7 Å². The van der Waals surface area contributed by atoms with Crippen molar-refractivity contribution >= 4 is 22.2 Å². The van der Waals surface area contributed by atoms with E-state index in [1.165, 1.54) is 16.7 Å². The van der Waals surface area contributed by atoms with E-state index in [9.17, 15) is 0 Å². The van der Waals surface area contributed by atoms with E-state index < -0.39 is 0 Å². The van der Waals surface area contributed by atoms with E-state index in [4.69, 9.17) is 9.97 Å². The third-order valence-corrected chi connectivity index (χ3v) is 3.99. The lowest BCUT2D eigenvalue weighted by atomic mass is 10.2. The van der Waals surface area contributed by atoms with Crippen LogP contribution >= 0.6 is 0 Å². The lowest BCUT2D eigenvalue weighted by Gasteiger charge is -2.05. The van der Waals surface area contributed by atoms with Crippen LogP contribution in [-0.4, -0.2) is 14.5 Å². The number of hydrogen-bond acceptors (Lipinski definition) is 2. The fourth-order valence-electron chi connectivity index (χ4n) is 2.88. The molecule has 0 saturated heterocycles. The minimum absolute atomic E-state index is 0.817. The molecule has 108 valence electrons. The highest BCUT2D eigenvalue weighted by Crippen LogP contribution is 2.22. The summed E-state index contributed by atoms with van der Waals surface area (Å²) in [7, 11) is 0. The molecule has 0 aliphatic heterocycles. The maximum atomic E-state index is 4.86. The van der Waals surface area contributed by atoms with Crippen molar-refractivity contribution in [1.82, 2.24) is 14.5 Å². The number of benzene rings is 2. The van der Waals surface area contributed by atoms with Gasteiger partial charge in [0.25, 0.3) is 0 Å². The SMILES string of the molecule is Cc1ccc2nc3c(C)cn(Cc4ccccc4)c3nc2c1. The van der Waals surface area contributed by atoms with E-state index in [0.29, 0.717) is 0 Å². The standard InChI is InChI=1S/C19H17N3/c1-13-8-9-16-17(10-13)21-19-18(20-16)14(2)11-22(19)12-15-6-4-3-5-7-15/h3-11H,12H2,1-2H3. The first-order chi connectivity index (χ1) is 10.7. The van der Waals surface area contributed by atoms with Gasteiger partial charge in [-0.2, -0.15) is 0 Å². The summed E-state index contributed by atoms with van der Waals surface area (Å²) in [6.07, 6.45) is 2.14. The summed E-state index contributed by atoms with van der Waals surface area (Å²) in [4.78, 5) is 9.65. The molecular weight excluding hydrogens is 270 g/mol. The molecule has 0 saturated carbocycles. The van der Waals surface area contributed by atoms with Gasteiger partial charge in [-0.1, -0.05) is 36.4 Å². The summed E-state index contributed by atoms with van der Waals surface area (Å²) in [5.74, 6) is 0. The Hall–Kier alpha value is -2.68. The van der Waals surface area contributed by atoms with E-state index >= 15 is 0 Å². The Kier molecular flexibility index (Phi) is 2.93. The van der Waals surface area contributed by atoms with Crippen LogP contribution in [0.25, 0.3) is 22.2 Å². The molecule has 0 bridgehead atoms. The van der Waals surface area contributed by atoms with Crippen molar-refractivity contribution in [3.63, 3.8) is 0 Å². The molecule has 0 aliphatic rings. The van der Waals surface area contributed by atoms with E-state index in [2.05, 4.69) is 61.0 Å². The topological polar surface area (TPSA) is 30.7 Å². The summed E-state index contributed by atoms with van der Waals surface area (Å²) in [5.41, 5.74) is 7.51. The van der Waals surface area contributed by atoms with Gasteiger partial charge in [-0.05, 0) is 42.7 Å². The Labute approximate surface area is 129 Å². The van der Waals surface area contributed by atoms with Crippen molar-refractivity contribution < 1.29 is 0 Å². The maximum Gasteiger partial charge on any atom is 0.159 e. The second-order valence-electron chi connectivity index (χ2n) is 5.81. The van der Waals surface area contributed by atoms with Gasteiger partial charge < -0.3 is 4.57 Å². The van der Waals surface area contributed by atoms with Crippen molar-refractivity contribution in [3.05, 3.63) is 71.4 Å². The first-order valence-electron chi connectivity index (χ1n) is 7.48. The van der Waals surface area contributed by atoms with Crippen LogP contribution in [0.4, 0.5) is 0 Å². The average Bonchev–Trinajstić information content (AvgIpc) is 2.82. The van der Waals surface area contributed by atoms with Gasteiger partial charge in [0, 0.05) is 12.7 Å². The zero-order chi connectivity index (χ0) is 15.1. The molecule has 0 fully saturated rings. The number of fused-ring (bicyclic) bond motifs is 2. The molecule has 0 unspecified atom stereocenters. The van der Waals surface area contributed by atoms with E-state index in [1.54, 1.807) is 0 Å². The summed E-state index contributed by atoms with van der Waals surface area (Å²) in [6, 6.07) is 16.7. The minimum Gasteiger partial charge on any atom is -0.326 e. The molecule has 0 aliphatic carbocycles. The van der Waals surface area contributed by atoms with Gasteiger partial charge in [0.1, 0.15) is 5.52 Å². The average molecular weight is 287 g/mol. The highest BCUT2D eigenvalue weighted by molar-refractivity contribution is 5.87. The summed E-state index contributed by atoms with van der Waals surface area (Å²) in [5, 5.41) is 0. The summed E-state index contributed by atoms with van der Waals surface area (Å²) >= 11 is 0. The minimum atomic E-state index is 0.817. The number of aromatic nitrogens is 3. The lowest BCUT2D eigenvalue weighted by molar-refractivity contribution is 0.824. The Balaban J connectivity index is 1.91. The van der Waals surface area contributed by atoms with Gasteiger partial charge in [-0.3, -0.25) is 0 Å². The predicted octanol–water partition coefficient (Wildman–Crippen LogP) is 4.25. The van der Waals surface area contributed by atoms with Crippen molar-refractivity contribution in [2.75, 3.05) is 0 Å². The second kappa shape index (κ2) is 4.95. The van der Waals surface area contributed by atoms with Crippen LogP contribution < -0.4 is 0 Å².